The second-order valence-corrected chi connectivity index (χ2v) is 10.1. The molecule has 0 spiro atoms. The number of aryl methyl sites for hydroxylation is 1. The van der Waals surface area contributed by atoms with Crippen LogP contribution in [0.5, 0.6) is 0 Å². The molecule has 4 rings (SSSR count). The predicted octanol–water partition coefficient (Wildman–Crippen LogP) is 3.13. The number of amides is 2. The van der Waals surface area contributed by atoms with Crippen LogP contribution in [0, 0.1) is 0 Å². The number of aromatic nitrogens is 1. The molecule has 2 amide bonds. The second kappa shape index (κ2) is 13.4. The molecule has 8 heteroatoms. The van der Waals surface area contributed by atoms with E-state index in [1.807, 2.05) is 55.6 Å². The fourth-order valence-electron chi connectivity index (χ4n) is 5.08. The number of carbonyl (C=O) groups excluding carboxylic acids is 2. The van der Waals surface area contributed by atoms with Gasteiger partial charge in [0.1, 0.15) is 0 Å². The van der Waals surface area contributed by atoms with Gasteiger partial charge in [0.15, 0.2) is 0 Å². The van der Waals surface area contributed by atoms with E-state index in [4.69, 9.17) is 5.73 Å². The topological polar surface area (TPSA) is 103 Å². The molecule has 0 bridgehead atoms. The summed E-state index contributed by atoms with van der Waals surface area (Å²) in [7, 11) is 1.79. The third kappa shape index (κ3) is 7.02. The number of fused-ring (bicyclic) bond motifs is 1. The Hall–Kier alpha value is -3.75. The number of nitrogens with two attached hydrogens (primary N) is 1. The Morgan fingerprint density at radius 3 is 2.56 bits per heavy atom. The van der Waals surface area contributed by atoms with Crippen LogP contribution in [0.1, 0.15) is 50.8 Å². The minimum Gasteiger partial charge on any atom is -0.391 e. The quantitative estimate of drug-likeness (QED) is 0.396. The van der Waals surface area contributed by atoms with Crippen LogP contribution in [0.4, 0.5) is 5.69 Å². The molecule has 0 saturated carbocycles. The summed E-state index contributed by atoms with van der Waals surface area (Å²) in [4.78, 5) is 36.5. The Bertz CT molecular complexity index is 1270. The molecular formula is C31H39N5O3. The number of β-amino-alcohol motifs (C(OH)–C–C–N with tert-alkyl or cyclic N) is 1. The molecule has 0 aliphatic carbocycles. The first-order valence-electron chi connectivity index (χ1n) is 13.7. The Labute approximate surface area is 231 Å². The highest BCUT2D eigenvalue weighted by molar-refractivity contribution is 6.03. The van der Waals surface area contributed by atoms with Gasteiger partial charge >= 0.3 is 0 Å². The van der Waals surface area contributed by atoms with Crippen LogP contribution < -0.4 is 10.6 Å². The minimum atomic E-state index is -0.647. The van der Waals surface area contributed by atoms with Gasteiger partial charge in [0.2, 0.25) is 0 Å². The first-order valence-corrected chi connectivity index (χ1v) is 13.7. The molecule has 1 aliphatic rings. The van der Waals surface area contributed by atoms with Crippen LogP contribution in [0.15, 0.2) is 67.0 Å². The fraction of sp³-hybridized carbons (Fsp3) is 0.387. The highest BCUT2D eigenvalue weighted by atomic mass is 16.3. The lowest BCUT2D eigenvalue weighted by atomic mass is 10.0. The smallest absolute Gasteiger partial charge is 0.256 e. The van der Waals surface area contributed by atoms with Gasteiger partial charge in [0.05, 0.1) is 17.4 Å². The summed E-state index contributed by atoms with van der Waals surface area (Å²) in [6, 6.07) is 17.2. The van der Waals surface area contributed by atoms with Crippen LogP contribution in [0.2, 0.25) is 0 Å². The van der Waals surface area contributed by atoms with Crippen molar-refractivity contribution in [2.24, 2.45) is 5.73 Å². The molecule has 39 heavy (non-hydrogen) atoms. The number of aliphatic hydroxyl groups excluding tert-OH is 1. The third-order valence-electron chi connectivity index (χ3n) is 7.45. The van der Waals surface area contributed by atoms with Crippen molar-refractivity contribution in [1.82, 2.24) is 14.8 Å². The van der Waals surface area contributed by atoms with Crippen LogP contribution in [-0.2, 0) is 19.4 Å². The van der Waals surface area contributed by atoms with E-state index in [0.717, 1.165) is 28.8 Å². The summed E-state index contributed by atoms with van der Waals surface area (Å²) in [5.74, 6) is -0.203. The van der Waals surface area contributed by atoms with E-state index in [1.54, 1.807) is 35.2 Å². The van der Waals surface area contributed by atoms with Crippen molar-refractivity contribution in [3.8, 4) is 0 Å². The molecule has 3 aromatic rings. The van der Waals surface area contributed by atoms with E-state index >= 15 is 0 Å². The Balaban J connectivity index is 1.43. The second-order valence-electron chi connectivity index (χ2n) is 10.1. The summed E-state index contributed by atoms with van der Waals surface area (Å²) in [5, 5.41) is 10.8. The number of likely N-dealkylation sites (N-methyl/N-ethyl adjacent to an activating group) is 2. The maximum Gasteiger partial charge on any atom is 0.256 e. The summed E-state index contributed by atoms with van der Waals surface area (Å²) >= 11 is 0. The van der Waals surface area contributed by atoms with Gasteiger partial charge in [0.25, 0.3) is 11.8 Å². The lowest BCUT2D eigenvalue weighted by molar-refractivity contribution is 0.0623. The summed E-state index contributed by atoms with van der Waals surface area (Å²) in [5.41, 5.74) is 11.0. The molecule has 206 valence electrons. The average Bonchev–Trinajstić information content (AvgIpc) is 3.10. The molecule has 2 heterocycles. The van der Waals surface area contributed by atoms with Crippen molar-refractivity contribution >= 4 is 17.5 Å². The molecule has 0 unspecified atom stereocenters. The third-order valence-corrected chi connectivity index (χ3v) is 7.45. The molecule has 1 aliphatic heterocycles. The molecule has 0 saturated heterocycles. The van der Waals surface area contributed by atoms with Crippen molar-refractivity contribution in [1.29, 1.82) is 0 Å². The largest absolute Gasteiger partial charge is 0.391 e. The van der Waals surface area contributed by atoms with Crippen molar-refractivity contribution in [2.45, 2.75) is 38.8 Å². The minimum absolute atomic E-state index is 0.0838. The molecule has 2 aromatic carbocycles. The number of anilines is 1. The lowest BCUT2D eigenvalue weighted by Gasteiger charge is -2.25. The van der Waals surface area contributed by atoms with Gasteiger partial charge in [-0.05, 0) is 67.1 Å². The zero-order valence-corrected chi connectivity index (χ0v) is 22.9. The van der Waals surface area contributed by atoms with E-state index in [1.165, 1.54) is 0 Å². The summed E-state index contributed by atoms with van der Waals surface area (Å²) in [6.07, 6.45) is 4.87. The highest BCUT2D eigenvalue weighted by Crippen LogP contribution is 2.27. The first-order chi connectivity index (χ1) is 18.9. The summed E-state index contributed by atoms with van der Waals surface area (Å²) in [6.45, 7) is 5.19. The van der Waals surface area contributed by atoms with Gasteiger partial charge in [-0.2, -0.15) is 0 Å². The maximum absolute atomic E-state index is 13.6. The monoisotopic (exact) mass is 529 g/mol. The molecule has 1 aromatic heterocycles. The van der Waals surface area contributed by atoms with Crippen LogP contribution in [0.3, 0.4) is 0 Å². The zero-order valence-electron chi connectivity index (χ0n) is 22.9. The first kappa shape index (κ1) is 28.3. The van der Waals surface area contributed by atoms with Gasteiger partial charge in [-0.3, -0.25) is 14.6 Å². The Morgan fingerprint density at radius 1 is 1.08 bits per heavy atom. The SMILES string of the molecule is CCN1CCN(C[C@@H](O)CCc2ccccc2CN)C(=O)c2ccc(C(=O)N(C)CCc3cccnc3)cc21. The van der Waals surface area contributed by atoms with Crippen LogP contribution >= 0.6 is 0 Å². The van der Waals surface area contributed by atoms with E-state index in [0.29, 0.717) is 56.7 Å². The van der Waals surface area contributed by atoms with Crippen molar-refractivity contribution in [3.63, 3.8) is 0 Å². The molecule has 3 N–H and O–H groups in total. The average molecular weight is 530 g/mol. The number of rotatable bonds is 11. The Kier molecular flexibility index (Phi) is 9.68. The Morgan fingerprint density at radius 2 is 1.85 bits per heavy atom. The number of nitrogens with zero attached hydrogens (tertiary/aromatic N) is 4. The van der Waals surface area contributed by atoms with E-state index in [2.05, 4.69) is 9.88 Å². The van der Waals surface area contributed by atoms with E-state index in [9.17, 15) is 14.7 Å². The maximum atomic E-state index is 13.6. The number of aliphatic hydroxyl groups is 1. The van der Waals surface area contributed by atoms with Crippen LogP contribution in [-0.4, -0.2) is 77.6 Å². The molecule has 1 atom stereocenters. The highest BCUT2D eigenvalue weighted by Gasteiger charge is 2.28. The van der Waals surface area contributed by atoms with E-state index < -0.39 is 6.10 Å². The fourth-order valence-corrected chi connectivity index (χ4v) is 5.08. The van der Waals surface area contributed by atoms with Gasteiger partial charge in [-0.15, -0.1) is 0 Å². The lowest BCUT2D eigenvalue weighted by Crippen LogP contribution is -2.39. The van der Waals surface area contributed by atoms with Gasteiger partial charge < -0.3 is 25.5 Å². The van der Waals surface area contributed by atoms with Gasteiger partial charge in [-0.25, -0.2) is 0 Å². The molecule has 0 radical (unpaired) electrons. The van der Waals surface area contributed by atoms with Crippen molar-refractivity contribution in [2.75, 3.05) is 44.7 Å². The standard InChI is InChI=1S/C31H39N5O3/c1-3-35-17-18-36(22-27(37)12-10-24-8-4-5-9-26(24)20-32)31(39)28-13-11-25(19-29(28)35)30(38)34(2)16-14-23-7-6-15-33-21-23/h4-9,11,13,15,19,21,27,37H,3,10,12,14,16-18,20,22,32H2,1-2H3/t27-/m0/s1. The van der Waals surface area contributed by atoms with E-state index in [-0.39, 0.29) is 18.4 Å². The molecule has 0 fully saturated rings. The molecule has 8 nitrogen and oxygen atoms in total. The van der Waals surface area contributed by atoms with Crippen molar-refractivity contribution in [3.05, 3.63) is 94.8 Å². The number of hydrogen-bond donors (Lipinski definition) is 2. The number of pyridine rings is 1. The molecular weight excluding hydrogens is 490 g/mol. The van der Waals surface area contributed by atoms with Gasteiger partial charge in [0, 0.05) is 64.3 Å². The van der Waals surface area contributed by atoms with Crippen molar-refractivity contribution < 1.29 is 14.7 Å². The number of carbonyl (C=O) groups is 2. The predicted molar refractivity (Wildman–Crippen MR) is 154 cm³/mol. The number of benzene rings is 2. The number of hydrogen-bond acceptors (Lipinski definition) is 6. The normalized spacial score (nSPS) is 14.1. The summed E-state index contributed by atoms with van der Waals surface area (Å²) < 4.78 is 0. The van der Waals surface area contributed by atoms with Gasteiger partial charge in [-0.1, -0.05) is 30.3 Å². The van der Waals surface area contributed by atoms with Crippen LogP contribution in [0.25, 0.3) is 0 Å². The zero-order chi connectivity index (χ0) is 27.8.